The Hall–Kier alpha value is -0.610. The Morgan fingerprint density at radius 2 is 1.81 bits per heavy atom. The minimum Gasteiger partial charge on any atom is -0.296 e. The van der Waals surface area contributed by atoms with E-state index >= 15 is 0 Å². The molecule has 1 unspecified atom stereocenters. The number of hydrogen-bond donors (Lipinski definition) is 2. The fourth-order valence-corrected chi connectivity index (χ4v) is 4.56. The maximum absolute atomic E-state index is 6.20. The highest BCUT2D eigenvalue weighted by molar-refractivity contribution is 6.30. The average molecular weight is 308 g/mol. The van der Waals surface area contributed by atoms with Crippen molar-refractivity contribution < 1.29 is 0 Å². The van der Waals surface area contributed by atoms with E-state index in [4.69, 9.17) is 17.4 Å². The maximum atomic E-state index is 6.20. The highest BCUT2D eigenvalue weighted by Crippen LogP contribution is 2.45. The molecule has 116 valence electrons. The van der Waals surface area contributed by atoms with E-state index in [1.165, 1.54) is 63.6 Å². The zero-order valence-electron chi connectivity index (χ0n) is 12.7. The predicted molar refractivity (Wildman–Crippen MR) is 88.1 cm³/mol. The molecule has 0 aromatic heterocycles. The van der Waals surface area contributed by atoms with E-state index in [2.05, 4.69) is 22.5 Å². The summed E-state index contributed by atoms with van der Waals surface area (Å²) in [5.41, 5.74) is 4.51. The molecule has 1 saturated carbocycles. The topological polar surface area (TPSA) is 41.3 Å². The zero-order valence-corrected chi connectivity index (χ0v) is 13.4. The fourth-order valence-electron chi connectivity index (χ4n) is 4.36. The van der Waals surface area contributed by atoms with Gasteiger partial charge in [0.2, 0.25) is 0 Å². The van der Waals surface area contributed by atoms with Crippen LogP contribution in [0, 0.1) is 0 Å². The SMILES string of the molecule is NNC(c1cccc(Cl)c1)C1(N2CCCCC2)CCCC1. The number of rotatable bonds is 4. The Kier molecular flexibility index (Phi) is 4.85. The summed E-state index contributed by atoms with van der Waals surface area (Å²) in [6.45, 7) is 2.41. The molecule has 0 bridgehead atoms. The molecule has 1 aromatic carbocycles. The lowest BCUT2D eigenvalue weighted by atomic mass is 9.81. The van der Waals surface area contributed by atoms with Gasteiger partial charge in [0.25, 0.3) is 0 Å². The van der Waals surface area contributed by atoms with E-state index in [1.54, 1.807) is 0 Å². The molecule has 1 heterocycles. The average Bonchev–Trinajstić information content (AvgIpc) is 3.00. The van der Waals surface area contributed by atoms with Gasteiger partial charge in [0.15, 0.2) is 0 Å². The van der Waals surface area contributed by atoms with E-state index in [0.717, 1.165) is 5.02 Å². The Labute approximate surface area is 132 Å². The second-order valence-electron chi connectivity index (χ2n) is 6.51. The molecule has 1 aliphatic heterocycles. The minimum atomic E-state index is 0.164. The first-order valence-electron chi connectivity index (χ1n) is 8.23. The first kappa shape index (κ1) is 15.3. The van der Waals surface area contributed by atoms with Crippen LogP contribution < -0.4 is 11.3 Å². The van der Waals surface area contributed by atoms with Crippen LogP contribution >= 0.6 is 11.6 Å². The summed E-state index contributed by atoms with van der Waals surface area (Å²) in [4.78, 5) is 2.70. The van der Waals surface area contributed by atoms with E-state index < -0.39 is 0 Å². The third kappa shape index (κ3) is 2.98. The van der Waals surface area contributed by atoms with Crippen molar-refractivity contribution in [3.8, 4) is 0 Å². The highest BCUT2D eigenvalue weighted by atomic mass is 35.5. The van der Waals surface area contributed by atoms with E-state index in [-0.39, 0.29) is 11.6 Å². The lowest BCUT2D eigenvalue weighted by Crippen LogP contribution is -2.57. The molecule has 1 aliphatic carbocycles. The van der Waals surface area contributed by atoms with Crippen LogP contribution in [0.25, 0.3) is 0 Å². The standard InChI is InChI=1S/C17H26ClN3/c18-15-8-6-7-14(13-15)16(20-19)17(9-2-3-10-17)21-11-4-1-5-12-21/h6-8,13,16,20H,1-5,9-12,19H2. The molecule has 4 heteroatoms. The molecule has 2 aliphatic rings. The second-order valence-corrected chi connectivity index (χ2v) is 6.95. The molecule has 1 saturated heterocycles. The van der Waals surface area contributed by atoms with Gasteiger partial charge < -0.3 is 0 Å². The lowest BCUT2D eigenvalue weighted by Gasteiger charge is -2.48. The van der Waals surface area contributed by atoms with Gasteiger partial charge in [0, 0.05) is 10.6 Å². The summed E-state index contributed by atoms with van der Waals surface area (Å²) in [5, 5.41) is 0.791. The van der Waals surface area contributed by atoms with Crippen molar-refractivity contribution in [1.82, 2.24) is 10.3 Å². The zero-order chi connectivity index (χ0) is 14.7. The number of hydrazine groups is 1. The van der Waals surface area contributed by atoms with Gasteiger partial charge in [0.05, 0.1) is 6.04 Å². The molecule has 0 spiro atoms. The second kappa shape index (κ2) is 6.66. The summed E-state index contributed by atoms with van der Waals surface area (Å²) in [7, 11) is 0. The number of nitrogens with two attached hydrogens (primary N) is 1. The molecule has 0 radical (unpaired) electrons. The number of nitrogens with zero attached hydrogens (tertiary/aromatic N) is 1. The van der Waals surface area contributed by atoms with Gasteiger partial charge in [-0.1, -0.05) is 43.0 Å². The molecule has 3 nitrogen and oxygen atoms in total. The number of hydrogen-bond acceptors (Lipinski definition) is 3. The Bertz CT molecular complexity index is 465. The first-order valence-corrected chi connectivity index (χ1v) is 8.61. The molecule has 3 N–H and O–H groups in total. The largest absolute Gasteiger partial charge is 0.296 e. The number of likely N-dealkylation sites (tertiary alicyclic amines) is 1. The van der Waals surface area contributed by atoms with Crippen molar-refractivity contribution in [3.63, 3.8) is 0 Å². The maximum Gasteiger partial charge on any atom is 0.0644 e. The highest BCUT2D eigenvalue weighted by Gasteiger charge is 2.46. The van der Waals surface area contributed by atoms with Crippen molar-refractivity contribution in [2.75, 3.05) is 13.1 Å². The van der Waals surface area contributed by atoms with Crippen molar-refractivity contribution in [3.05, 3.63) is 34.9 Å². The van der Waals surface area contributed by atoms with Crippen LogP contribution in [-0.4, -0.2) is 23.5 Å². The van der Waals surface area contributed by atoms with Crippen LogP contribution in [0.3, 0.4) is 0 Å². The van der Waals surface area contributed by atoms with Crippen LogP contribution in [0.4, 0.5) is 0 Å². The number of halogens is 1. The molecule has 1 atom stereocenters. The van der Waals surface area contributed by atoms with Gasteiger partial charge in [-0.25, -0.2) is 0 Å². The smallest absolute Gasteiger partial charge is 0.0644 e. The predicted octanol–water partition coefficient (Wildman–Crippen LogP) is 3.64. The molecule has 3 rings (SSSR count). The van der Waals surface area contributed by atoms with Crippen LogP contribution in [0.1, 0.15) is 56.6 Å². The van der Waals surface area contributed by atoms with Crippen molar-refractivity contribution in [2.24, 2.45) is 5.84 Å². The summed E-state index contributed by atoms with van der Waals surface area (Å²) >= 11 is 6.20. The summed E-state index contributed by atoms with van der Waals surface area (Å²) in [6, 6.07) is 8.34. The molecular formula is C17H26ClN3. The molecule has 21 heavy (non-hydrogen) atoms. The summed E-state index contributed by atoms with van der Waals surface area (Å²) in [5.74, 6) is 6.01. The van der Waals surface area contributed by atoms with E-state index in [0.29, 0.717) is 0 Å². The van der Waals surface area contributed by atoms with Gasteiger partial charge in [-0.05, 0) is 56.5 Å². The van der Waals surface area contributed by atoms with Gasteiger partial charge in [-0.3, -0.25) is 16.2 Å². The third-order valence-corrected chi connectivity index (χ3v) is 5.58. The molecular weight excluding hydrogens is 282 g/mol. The number of benzene rings is 1. The number of nitrogens with one attached hydrogen (secondary N) is 1. The van der Waals surface area contributed by atoms with Crippen molar-refractivity contribution >= 4 is 11.6 Å². The fraction of sp³-hybridized carbons (Fsp3) is 0.647. The van der Waals surface area contributed by atoms with E-state index in [9.17, 15) is 0 Å². The van der Waals surface area contributed by atoms with Gasteiger partial charge in [-0.2, -0.15) is 0 Å². The van der Waals surface area contributed by atoms with Crippen LogP contribution in [-0.2, 0) is 0 Å². The Balaban J connectivity index is 1.93. The van der Waals surface area contributed by atoms with Crippen molar-refractivity contribution in [1.29, 1.82) is 0 Å². The summed E-state index contributed by atoms with van der Waals surface area (Å²) < 4.78 is 0. The van der Waals surface area contributed by atoms with Crippen LogP contribution in [0.2, 0.25) is 5.02 Å². The summed E-state index contributed by atoms with van der Waals surface area (Å²) in [6.07, 6.45) is 9.06. The molecule has 1 aromatic rings. The minimum absolute atomic E-state index is 0.164. The normalized spacial score (nSPS) is 24.1. The number of piperidine rings is 1. The molecule has 2 fully saturated rings. The quantitative estimate of drug-likeness (QED) is 0.659. The Morgan fingerprint density at radius 1 is 1.10 bits per heavy atom. The lowest BCUT2D eigenvalue weighted by molar-refractivity contribution is 0.0360. The van der Waals surface area contributed by atoms with Gasteiger partial charge >= 0.3 is 0 Å². The monoisotopic (exact) mass is 307 g/mol. The van der Waals surface area contributed by atoms with Crippen LogP contribution in [0.15, 0.2) is 24.3 Å². The van der Waals surface area contributed by atoms with Gasteiger partial charge in [0.1, 0.15) is 0 Å². The molecule has 0 amide bonds. The van der Waals surface area contributed by atoms with Gasteiger partial charge in [-0.15, -0.1) is 0 Å². The van der Waals surface area contributed by atoms with Crippen LogP contribution in [0.5, 0.6) is 0 Å². The third-order valence-electron chi connectivity index (χ3n) is 5.34. The Morgan fingerprint density at radius 3 is 2.43 bits per heavy atom. The first-order chi connectivity index (χ1) is 10.3. The van der Waals surface area contributed by atoms with Crippen molar-refractivity contribution in [2.45, 2.75) is 56.5 Å². The van der Waals surface area contributed by atoms with E-state index in [1.807, 2.05) is 12.1 Å².